The molecule has 6 nitrogen and oxygen atoms in total. The Morgan fingerprint density at radius 1 is 1.04 bits per heavy atom. The Hall–Kier alpha value is -2.50. The molecule has 0 saturated carbocycles. The molecular weight excluding hydrogens is 310 g/mol. The molecule has 2 aromatic rings. The van der Waals surface area contributed by atoms with Crippen LogP contribution < -0.4 is 14.9 Å². The number of H-pyrrole nitrogens is 1. The van der Waals surface area contributed by atoms with E-state index >= 15 is 0 Å². The predicted molar refractivity (Wildman–Crippen MR) is 92.1 cm³/mol. The summed E-state index contributed by atoms with van der Waals surface area (Å²) in [6.07, 6.45) is 3.08. The summed E-state index contributed by atoms with van der Waals surface area (Å²) < 4.78 is 16.3. The minimum atomic E-state index is -0.636. The molecule has 1 N–H and O–H groups in total. The summed E-state index contributed by atoms with van der Waals surface area (Å²) in [4.78, 5) is 27.4. The number of aromatic nitrogens is 1. The number of carbonyl (C=O) groups is 1. The molecule has 0 spiro atoms. The number of carbonyl (C=O) groups excluding carboxylic acids is 1. The molecule has 24 heavy (non-hydrogen) atoms. The van der Waals surface area contributed by atoms with Crippen LogP contribution in [0.2, 0.25) is 0 Å². The Labute approximate surface area is 140 Å². The third-order valence-electron chi connectivity index (χ3n) is 3.36. The summed E-state index contributed by atoms with van der Waals surface area (Å²) >= 11 is 0. The average Bonchev–Trinajstić information content (AvgIpc) is 2.58. The van der Waals surface area contributed by atoms with Crippen LogP contribution in [-0.2, 0) is 4.74 Å². The first-order valence-electron chi connectivity index (χ1n) is 8.24. The second kappa shape index (κ2) is 8.38. The Kier molecular flexibility index (Phi) is 6.23. The van der Waals surface area contributed by atoms with E-state index in [4.69, 9.17) is 14.2 Å². The van der Waals surface area contributed by atoms with Gasteiger partial charge in [-0.15, -0.1) is 0 Å². The molecule has 0 radical (unpaired) electrons. The van der Waals surface area contributed by atoms with Crippen molar-refractivity contribution in [1.29, 1.82) is 0 Å². The maximum atomic E-state index is 12.6. The monoisotopic (exact) mass is 333 g/mol. The fraction of sp³-hybridized carbons (Fsp3) is 0.444. The van der Waals surface area contributed by atoms with E-state index in [1.54, 1.807) is 19.1 Å². The highest BCUT2D eigenvalue weighted by Gasteiger charge is 2.16. The second-order valence-corrected chi connectivity index (χ2v) is 5.29. The standard InChI is InChI=1S/C18H23NO5/c1-4-7-23-15-9-12-14(10-16(15)24-8-5-2)19-11-13(17(12)20)18(21)22-6-3/h9-11H,4-8H2,1-3H3,(H,19,20). The zero-order valence-electron chi connectivity index (χ0n) is 14.3. The topological polar surface area (TPSA) is 77.6 Å². The summed E-state index contributed by atoms with van der Waals surface area (Å²) in [6.45, 7) is 7.00. The Morgan fingerprint density at radius 2 is 1.67 bits per heavy atom. The molecule has 1 aromatic carbocycles. The van der Waals surface area contributed by atoms with E-state index in [2.05, 4.69) is 4.98 Å². The first kappa shape index (κ1) is 17.8. The lowest BCUT2D eigenvalue weighted by Gasteiger charge is -2.13. The fourth-order valence-electron chi connectivity index (χ4n) is 2.24. The molecule has 6 heteroatoms. The second-order valence-electron chi connectivity index (χ2n) is 5.29. The van der Waals surface area contributed by atoms with Crippen molar-refractivity contribution in [3.63, 3.8) is 0 Å². The van der Waals surface area contributed by atoms with Crippen molar-refractivity contribution in [3.8, 4) is 11.5 Å². The normalized spacial score (nSPS) is 10.6. The largest absolute Gasteiger partial charge is 0.490 e. The van der Waals surface area contributed by atoms with Gasteiger partial charge in [0.15, 0.2) is 11.5 Å². The van der Waals surface area contributed by atoms with Gasteiger partial charge >= 0.3 is 5.97 Å². The van der Waals surface area contributed by atoms with Crippen LogP contribution >= 0.6 is 0 Å². The highest BCUT2D eigenvalue weighted by atomic mass is 16.5. The minimum Gasteiger partial charge on any atom is -0.490 e. The van der Waals surface area contributed by atoms with Crippen LogP contribution in [0.3, 0.4) is 0 Å². The van der Waals surface area contributed by atoms with Gasteiger partial charge < -0.3 is 19.2 Å². The average molecular weight is 333 g/mol. The van der Waals surface area contributed by atoms with Gasteiger partial charge in [0.25, 0.3) is 0 Å². The number of pyridine rings is 1. The van der Waals surface area contributed by atoms with Crippen molar-refractivity contribution in [3.05, 3.63) is 34.1 Å². The molecule has 0 aliphatic carbocycles. The van der Waals surface area contributed by atoms with Crippen molar-refractivity contribution >= 4 is 16.9 Å². The van der Waals surface area contributed by atoms with Gasteiger partial charge in [-0.25, -0.2) is 4.79 Å². The summed E-state index contributed by atoms with van der Waals surface area (Å²) in [5.41, 5.74) is 0.182. The van der Waals surface area contributed by atoms with Crippen LogP contribution in [0.25, 0.3) is 10.9 Å². The lowest BCUT2D eigenvalue weighted by Crippen LogP contribution is -2.18. The van der Waals surface area contributed by atoms with Crippen LogP contribution in [0, 0.1) is 0 Å². The first-order chi connectivity index (χ1) is 11.6. The third kappa shape index (κ3) is 3.88. The zero-order valence-corrected chi connectivity index (χ0v) is 14.3. The molecule has 2 rings (SSSR count). The number of benzene rings is 1. The highest BCUT2D eigenvalue weighted by molar-refractivity contribution is 5.94. The molecule has 0 atom stereocenters. The summed E-state index contributed by atoms with van der Waals surface area (Å²) in [5, 5.41) is 0.371. The van der Waals surface area contributed by atoms with E-state index in [-0.39, 0.29) is 17.6 Å². The maximum Gasteiger partial charge on any atom is 0.343 e. The molecule has 0 aliphatic heterocycles. The number of ether oxygens (including phenoxy) is 3. The van der Waals surface area contributed by atoms with E-state index in [1.807, 2.05) is 13.8 Å². The van der Waals surface area contributed by atoms with Gasteiger partial charge in [0.2, 0.25) is 5.43 Å². The number of rotatable bonds is 8. The molecule has 0 unspecified atom stereocenters. The van der Waals surface area contributed by atoms with Gasteiger partial charge in [-0.05, 0) is 25.8 Å². The van der Waals surface area contributed by atoms with Crippen LogP contribution in [0.5, 0.6) is 11.5 Å². The van der Waals surface area contributed by atoms with Gasteiger partial charge in [-0.3, -0.25) is 4.79 Å². The fourth-order valence-corrected chi connectivity index (χ4v) is 2.24. The van der Waals surface area contributed by atoms with E-state index in [0.29, 0.717) is 35.6 Å². The smallest absolute Gasteiger partial charge is 0.343 e. The van der Waals surface area contributed by atoms with Crippen LogP contribution in [0.4, 0.5) is 0 Å². The predicted octanol–water partition coefficient (Wildman–Crippen LogP) is 3.28. The number of aromatic amines is 1. The molecule has 1 aromatic heterocycles. The zero-order chi connectivity index (χ0) is 17.5. The molecule has 0 bridgehead atoms. The maximum absolute atomic E-state index is 12.6. The molecule has 0 fully saturated rings. The Balaban J connectivity index is 2.53. The molecular formula is C18H23NO5. The van der Waals surface area contributed by atoms with E-state index in [1.165, 1.54) is 6.20 Å². The molecule has 0 amide bonds. The van der Waals surface area contributed by atoms with Gasteiger partial charge in [0.05, 0.1) is 30.7 Å². The quantitative estimate of drug-likeness (QED) is 0.750. The summed E-state index contributed by atoms with van der Waals surface area (Å²) in [7, 11) is 0. The SMILES string of the molecule is CCCOc1cc2[nH]cc(C(=O)OCC)c(=O)c2cc1OCCC. The molecule has 130 valence electrons. The lowest BCUT2D eigenvalue weighted by molar-refractivity contribution is 0.0524. The lowest BCUT2D eigenvalue weighted by atomic mass is 10.1. The van der Waals surface area contributed by atoms with Crippen molar-refractivity contribution < 1.29 is 19.0 Å². The summed E-state index contributed by atoms with van der Waals surface area (Å²) in [5.74, 6) is 0.449. The van der Waals surface area contributed by atoms with E-state index < -0.39 is 5.97 Å². The van der Waals surface area contributed by atoms with Crippen molar-refractivity contribution in [1.82, 2.24) is 4.98 Å². The third-order valence-corrected chi connectivity index (χ3v) is 3.36. The Morgan fingerprint density at radius 3 is 2.25 bits per heavy atom. The first-order valence-corrected chi connectivity index (χ1v) is 8.24. The summed E-state index contributed by atoms with van der Waals surface area (Å²) in [6, 6.07) is 3.35. The van der Waals surface area contributed by atoms with Gasteiger partial charge in [0.1, 0.15) is 5.56 Å². The van der Waals surface area contributed by atoms with Crippen LogP contribution in [0.15, 0.2) is 23.1 Å². The molecule has 0 saturated heterocycles. The minimum absolute atomic E-state index is 0.0204. The van der Waals surface area contributed by atoms with Gasteiger partial charge in [-0.2, -0.15) is 0 Å². The number of hydrogen-bond donors (Lipinski definition) is 1. The van der Waals surface area contributed by atoms with Crippen molar-refractivity contribution in [2.24, 2.45) is 0 Å². The van der Waals surface area contributed by atoms with E-state index in [0.717, 1.165) is 12.8 Å². The molecule has 1 heterocycles. The van der Waals surface area contributed by atoms with Gasteiger partial charge in [0, 0.05) is 12.3 Å². The van der Waals surface area contributed by atoms with Crippen LogP contribution in [0.1, 0.15) is 44.0 Å². The number of fused-ring (bicyclic) bond motifs is 1. The van der Waals surface area contributed by atoms with Gasteiger partial charge in [-0.1, -0.05) is 13.8 Å². The van der Waals surface area contributed by atoms with Crippen molar-refractivity contribution in [2.45, 2.75) is 33.6 Å². The number of hydrogen-bond acceptors (Lipinski definition) is 5. The van der Waals surface area contributed by atoms with Crippen molar-refractivity contribution in [2.75, 3.05) is 19.8 Å². The number of esters is 1. The van der Waals surface area contributed by atoms with E-state index in [9.17, 15) is 9.59 Å². The molecule has 0 aliphatic rings. The number of nitrogens with one attached hydrogen (secondary N) is 1. The highest BCUT2D eigenvalue weighted by Crippen LogP contribution is 2.31. The Bertz CT molecular complexity index is 766. The van der Waals surface area contributed by atoms with Crippen LogP contribution in [-0.4, -0.2) is 30.8 Å².